The average Bonchev–Trinajstić information content (AvgIpc) is 3.06. The SMILES string of the molecule is CCn1nc(C(C)C)cc1C(=O)NCCN1CCc2ccccc2C1. The quantitative estimate of drug-likeness (QED) is 0.880. The lowest BCUT2D eigenvalue weighted by molar-refractivity contribution is 0.0936. The van der Waals surface area contributed by atoms with Gasteiger partial charge in [-0.1, -0.05) is 38.1 Å². The van der Waals surface area contributed by atoms with Crippen LogP contribution in [0.1, 0.15) is 54.0 Å². The van der Waals surface area contributed by atoms with Crippen LogP contribution in [0.2, 0.25) is 0 Å². The Bertz CT molecular complexity index is 735. The first kappa shape index (κ1) is 17.7. The van der Waals surface area contributed by atoms with Crippen LogP contribution >= 0.6 is 0 Å². The highest BCUT2D eigenvalue weighted by Crippen LogP contribution is 2.18. The summed E-state index contributed by atoms with van der Waals surface area (Å²) in [7, 11) is 0. The number of fused-ring (bicyclic) bond motifs is 1. The van der Waals surface area contributed by atoms with E-state index in [0.717, 1.165) is 31.7 Å². The second-order valence-electron chi connectivity index (χ2n) is 6.98. The fourth-order valence-electron chi connectivity index (χ4n) is 3.31. The molecule has 134 valence electrons. The number of hydrogen-bond acceptors (Lipinski definition) is 3. The molecule has 0 atom stereocenters. The number of aromatic nitrogens is 2. The zero-order chi connectivity index (χ0) is 17.8. The van der Waals surface area contributed by atoms with E-state index < -0.39 is 0 Å². The van der Waals surface area contributed by atoms with Gasteiger partial charge in [-0.05, 0) is 36.5 Å². The second kappa shape index (κ2) is 7.83. The minimum Gasteiger partial charge on any atom is -0.349 e. The van der Waals surface area contributed by atoms with Crippen molar-refractivity contribution in [2.45, 2.75) is 46.2 Å². The van der Waals surface area contributed by atoms with Crippen LogP contribution in [0.5, 0.6) is 0 Å². The molecule has 0 saturated carbocycles. The van der Waals surface area contributed by atoms with Crippen LogP contribution in [-0.2, 0) is 19.5 Å². The first-order chi connectivity index (χ1) is 12.1. The van der Waals surface area contributed by atoms with Gasteiger partial charge in [0, 0.05) is 32.7 Å². The van der Waals surface area contributed by atoms with E-state index in [1.54, 1.807) is 4.68 Å². The molecule has 25 heavy (non-hydrogen) atoms. The molecular weight excluding hydrogens is 312 g/mol. The summed E-state index contributed by atoms with van der Waals surface area (Å²) in [4.78, 5) is 14.9. The van der Waals surface area contributed by atoms with Crippen LogP contribution in [0.15, 0.2) is 30.3 Å². The number of nitrogens with zero attached hydrogens (tertiary/aromatic N) is 3. The van der Waals surface area contributed by atoms with Gasteiger partial charge >= 0.3 is 0 Å². The monoisotopic (exact) mass is 340 g/mol. The first-order valence-corrected chi connectivity index (χ1v) is 9.23. The summed E-state index contributed by atoms with van der Waals surface area (Å²) in [5, 5.41) is 7.57. The van der Waals surface area contributed by atoms with Crippen molar-refractivity contribution in [3.05, 3.63) is 52.8 Å². The molecule has 0 saturated heterocycles. The molecule has 1 aromatic heterocycles. The average molecular weight is 340 g/mol. The van der Waals surface area contributed by atoms with E-state index in [9.17, 15) is 4.79 Å². The summed E-state index contributed by atoms with van der Waals surface area (Å²) in [5.41, 5.74) is 4.50. The third-order valence-electron chi connectivity index (χ3n) is 4.85. The molecule has 1 aliphatic rings. The largest absolute Gasteiger partial charge is 0.349 e. The van der Waals surface area contributed by atoms with Crippen molar-refractivity contribution in [3.8, 4) is 0 Å². The van der Waals surface area contributed by atoms with Crippen molar-refractivity contribution in [2.75, 3.05) is 19.6 Å². The summed E-state index contributed by atoms with van der Waals surface area (Å²) >= 11 is 0. The van der Waals surface area contributed by atoms with E-state index in [2.05, 4.69) is 53.4 Å². The van der Waals surface area contributed by atoms with Gasteiger partial charge in [-0.2, -0.15) is 5.10 Å². The summed E-state index contributed by atoms with van der Waals surface area (Å²) in [6, 6.07) is 10.5. The Morgan fingerprint density at radius 3 is 2.76 bits per heavy atom. The number of amides is 1. The molecule has 1 aromatic carbocycles. The van der Waals surface area contributed by atoms with E-state index in [0.29, 0.717) is 24.7 Å². The zero-order valence-corrected chi connectivity index (χ0v) is 15.5. The smallest absolute Gasteiger partial charge is 0.269 e. The predicted molar refractivity (Wildman–Crippen MR) is 99.7 cm³/mol. The number of benzene rings is 1. The molecule has 0 radical (unpaired) electrons. The van der Waals surface area contributed by atoms with Gasteiger partial charge < -0.3 is 5.32 Å². The van der Waals surface area contributed by atoms with Gasteiger partial charge in [-0.15, -0.1) is 0 Å². The highest BCUT2D eigenvalue weighted by atomic mass is 16.2. The summed E-state index contributed by atoms with van der Waals surface area (Å²) in [5.74, 6) is 0.298. The van der Waals surface area contributed by atoms with Crippen molar-refractivity contribution in [1.29, 1.82) is 0 Å². The fourth-order valence-corrected chi connectivity index (χ4v) is 3.31. The van der Waals surface area contributed by atoms with Crippen LogP contribution in [0, 0.1) is 0 Å². The third kappa shape index (κ3) is 4.10. The Morgan fingerprint density at radius 2 is 2.04 bits per heavy atom. The number of hydrogen-bond donors (Lipinski definition) is 1. The Balaban J connectivity index is 1.53. The molecule has 2 heterocycles. The minimum absolute atomic E-state index is 0.0290. The van der Waals surface area contributed by atoms with Crippen molar-refractivity contribution < 1.29 is 4.79 Å². The highest BCUT2D eigenvalue weighted by Gasteiger charge is 2.18. The third-order valence-corrected chi connectivity index (χ3v) is 4.85. The maximum Gasteiger partial charge on any atom is 0.269 e. The molecule has 1 aliphatic heterocycles. The maximum absolute atomic E-state index is 12.5. The maximum atomic E-state index is 12.5. The standard InChI is InChI=1S/C20H28N4O/c1-4-24-19(13-18(22-24)15(2)3)20(25)21-10-12-23-11-9-16-7-5-6-8-17(16)14-23/h5-8,13,15H,4,9-12,14H2,1-3H3,(H,21,25). The van der Waals surface area contributed by atoms with Crippen LogP contribution in [-0.4, -0.2) is 40.2 Å². The molecule has 0 fully saturated rings. The normalized spacial score (nSPS) is 14.6. The second-order valence-corrected chi connectivity index (χ2v) is 6.98. The number of rotatable bonds is 6. The van der Waals surface area contributed by atoms with E-state index in [1.807, 2.05) is 13.0 Å². The molecule has 5 heteroatoms. The Hall–Kier alpha value is -2.14. The lowest BCUT2D eigenvalue weighted by Gasteiger charge is -2.28. The van der Waals surface area contributed by atoms with Crippen molar-refractivity contribution in [1.82, 2.24) is 20.0 Å². The Labute approximate surface area is 150 Å². The van der Waals surface area contributed by atoms with Crippen LogP contribution in [0.25, 0.3) is 0 Å². The van der Waals surface area contributed by atoms with E-state index in [-0.39, 0.29) is 5.91 Å². The number of aryl methyl sites for hydroxylation is 1. The van der Waals surface area contributed by atoms with Gasteiger partial charge in [-0.3, -0.25) is 14.4 Å². The first-order valence-electron chi connectivity index (χ1n) is 9.23. The van der Waals surface area contributed by atoms with Gasteiger partial charge in [0.25, 0.3) is 5.91 Å². The summed E-state index contributed by atoms with van der Waals surface area (Å²) < 4.78 is 1.79. The van der Waals surface area contributed by atoms with Gasteiger partial charge in [0.1, 0.15) is 5.69 Å². The number of carbonyl (C=O) groups is 1. The van der Waals surface area contributed by atoms with Gasteiger partial charge in [0.2, 0.25) is 0 Å². The minimum atomic E-state index is -0.0290. The van der Waals surface area contributed by atoms with E-state index in [4.69, 9.17) is 0 Å². The fraction of sp³-hybridized carbons (Fsp3) is 0.500. The van der Waals surface area contributed by atoms with E-state index in [1.165, 1.54) is 11.1 Å². The number of nitrogens with one attached hydrogen (secondary N) is 1. The molecule has 2 aromatic rings. The van der Waals surface area contributed by atoms with Gasteiger partial charge in [0.05, 0.1) is 5.69 Å². The molecule has 0 spiro atoms. The molecule has 0 bridgehead atoms. The summed E-state index contributed by atoms with van der Waals surface area (Å²) in [6.07, 6.45) is 1.09. The lowest BCUT2D eigenvalue weighted by Crippen LogP contribution is -2.38. The summed E-state index contributed by atoms with van der Waals surface area (Å²) in [6.45, 7) is 10.5. The van der Waals surface area contributed by atoms with Gasteiger partial charge in [0.15, 0.2) is 0 Å². The topological polar surface area (TPSA) is 50.2 Å². The lowest BCUT2D eigenvalue weighted by atomic mass is 10.00. The Morgan fingerprint density at radius 1 is 1.28 bits per heavy atom. The zero-order valence-electron chi connectivity index (χ0n) is 15.5. The highest BCUT2D eigenvalue weighted by molar-refractivity contribution is 5.92. The Kier molecular flexibility index (Phi) is 5.53. The molecule has 1 N–H and O–H groups in total. The van der Waals surface area contributed by atoms with Gasteiger partial charge in [-0.25, -0.2) is 0 Å². The molecule has 1 amide bonds. The molecule has 5 nitrogen and oxygen atoms in total. The molecule has 0 aliphatic carbocycles. The van der Waals surface area contributed by atoms with E-state index >= 15 is 0 Å². The van der Waals surface area contributed by atoms with Crippen LogP contribution in [0.4, 0.5) is 0 Å². The molecular formula is C20H28N4O. The van der Waals surface area contributed by atoms with Crippen LogP contribution in [0.3, 0.4) is 0 Å². The van der Waals surface area contributed by atoms with Crippen molar-refractivity contribution in [3.63, 3.8) is 0 Å². The number of carbonyl (C=O) groups excluding carboxylic acids is 1. The van der Waals surface area contributed by atoms with Crippen molar-refractivity contribution >= 4 is 5.91 Å². The van der Waals surface area contributed by atoms with Crippen molar-refractivity contribution in [2.24, 2.45) is 0 Å². The molecule has 3 rings (SSSR count). The van der Waals surface area contributed by atoms with Crippen LogP contribution < -0.4 is 5.32 Å². The molecule has 0 unspecified atom stereocenters. The predicted octanol–water partition coefficient (Wildman–Crippen LogP) is 2.81.